The molecule has 0 saturated heterocycles. The highest BCUT2D eigenvalue weighted by Gasteiger charge is 2.03. The molecule has 0 aliphatic rings. The van der Waals surface area contributed by atoms with Crippen molar-refractivity contribution in [3.63, 3.8) is 0 Å². The SMILES string of the molecule is O=C(Nc1ccccc1)Nc1ccon1. The van der Waals surface area contributed by atoms with Crippen molar-refractivity contribution in [2.45, 2.75) is 0 Å². The molecule has 0 unspecified atom stereocenters. The molecule has 1 aromatic carbocycles. The fourth-order valence-electron chi connectivity index (χ4n) is 1.08. The number of para-hydroxylation sites is 1. The van der Waals surface area contributed by atoms with Crippen molar-refractivity contribution >= 4 is 17.5 Å². The lowest BCUT2D eigenvalue weighted by atomic mass is 10.3. The summed E-state index contributed by atoms with van der Waals surface area (Å²) in [5.74, 6) is 0.378. The van der Waals surface area contributed by atoms with Gasteiger partial charge in [-0.05, 0) is 12.1 Å². The van der Waals surface area contributed by atoms with E-state index < -0.39 is 0 Å². The highest BCUT2D eigenvalue weighted by molar-refractivity contribution is 5.98. The molecule has 76 valence electrons. The van der Waals surface area contributed by atoms with Gasteiger partial charge in [0.25, 0.3) is 0 Å². The normalized spacial score (nSPS) is 9.60. The van der Waals surface area contributed by atoms with Gasteiger partial charge in [-0.1, -0.05) is 23.4 Å². The Kier molecular flexibility index (Phi) is 2.64. The van der Waals surface area contributed by atoms with Crippen LogP contribution in [0.3, 0.4) is 0 Å². The van der Waals surface area contributed by atoms with E-state index in [-0.39, 0.29) is 6.03 Å². The Morgan fingerprint density at radius 2 is 1.93 bits per heavy atom. The smallest absolute Gasteiger partial charge is 0.324 e. The van der Waals surface area contributed by atoms with Gasteiger partial charge in [-0.2, -0.15) is 0 Å². The van der Waals surface area contributed by atoms with Gasteiger partial charge in [-0.3, -0.25) is 5.32 Å². The van der Waals surface area contributed by atoms with Crippen LogP contribution in [0.25, 0.3) is 0 Å². The minimum atomic E-state index is -0.352. The van der Waals surface area contributed by atoms with Gasteiger partial charge in [0.2, 0.25) is 0 Å². The van der Waals surface area contributed by atoms with Crippen molar-refractivity contribution in [3.05, 3.63) is 42.7 Å². The molecule has 0 fully saturated rings. The molecule has 0 saturated carbocycles. The second-order valence-corrected chi connectivity index (χ2v) is 2.83. The highest BCUT2D eigenvalue weighted by atomic mass is 16.5. The molecule has 15 heavy (non-hydrogen) atoms. The Labute approximate surface area is 86.1 Å². The second kappa shape index (κ2) is 4.28. The first-order chi connectivity index (χ1) is 7.34. The third-order valence-electron chi connectivity index (χ3n) is 1.71. The summed E-state index contributed by atoms with van der Waals surface area (Å²) in [5.41, 5.74) is 0.721. The van der Waals surface area contributed by atoms with Gasteiger partial charge in [0.05, 0.1) is 0 Å². The van der Waals surface area contributed by atoms with E-state index in [1.165, 1.54) is 6.26 Å². The number of aromatic nitrogens is 1. The fraction of sp³-hybridized carbons (Fsp3) is 0. The third-order valence-corrected chi connectivity index (χ3v) is 1.71. The number of hydrogen-bond donors (Lipinski definition) is 2. The molecule has 2 N–H and O–H groups in total. The molecule has 0 atom stereocenters. The first-order valence-corrected chi connectivity index (χ1v) is 4.38. The van der Waals surface area contributed by atoms with Crippen LogP contribution in [0.1, 0.15) is 0 Å². The molecular weight excluding hydrogens is 194 g/mol. The van der Waals surface area contributed by atoms with Crippen LogP contribution in [0.15, 0.2) is 47.2 Å². The molecule has 1 heterocycles. The van der Waals surface area contributed by atoms with E-state index in [4.69, 9.17) is 0 Å². The van der Waals surface area contributed by atoms with Gasteiger partial charge >= 0.3 is 6.03 Å². The molecule has 0 radical (unpaired) electrons. The van der Waals surface area contributed by atoms with Gasteiger partial charge < -0.3 is 9.84 Å². The zero-order chi connectivity index (χ0) is 10.5. The Morgan fingerprint density at radius 3 is 2.60 bits per heavy atom. The number of anilines is 2. The molecule has 0 aliphatic heterocycles. The number of nitrogens with zero attached hydrogens (tertiary/aromatic N) is 1. The molecule has 0 aliphatic carbocycles. The highest BCUT2D eigenvalue weighted by Crippen LogP contribution is 2.06. The van der Waals surface area contributed by atoms with Gasteiger partial charge in [0.15, 0.2) is 5.82 Å². The predicted molar refractivity (Wildman–Crippen MR) is 55.6 cm³/mol. The average Bonchev–Trinajstić information content (AvgIpc) is 2.71. The van der Waals surface area contributed by atoms with Gasteiger partial charge in [-0.25, -0.2) is 4.79 Å². The predicted octanol–water partition coefficient (Wildman–Crippen LogP) is 2.32. The van der Waals surface area contributed by atoms with Crippen molar-refractivity contribution in [2.75, 3.05) is 10.6 Å². The van der Waals surface area contributed by atoms with E-state index in [9.17, 15) is 4.79 Å². The first kappa shape index (κ1) is 9.26. The van der Waals surface area contributed by atoms with Crippen molar-refractivity contribution in [1.29, 1.82) is 0 Å². The van der Waals surface area contributed by atoms with E-state index in [1.54, 1.807) is 18.2 Å². The van der Waals surface area contributed by atoms with E-state index in [1.807, 2.05) is 18.2 Å². The number of benzene rings is 1. The summed E-state index contributed by atoms with van der Waals surface area (Å²) < 4.78 is 4.57. The lowest BCUT2D eigenvalue weighted by Crippen LogP contribution is -2.19. The van der Waals surface area contributed by atoms with E-state index >= 15 is 0 Å². The molecular formula is C10H9N3O2. The van der Waals surface area contributed by atoms with Crippen LogP contribution in [-0.4, -0.2) is 11.2 Å². The zero-order valence-electron chi connectivity index (χ0n) is 7.81. The summed E-state index contributed by atoms with van der Waals surface area (Å²) in [6, 6.07) is 10.4. The summed E-state index contributed by atoms with van der Waals surface area (Å²) in [7, 11) is 0. The Morgan fingerprint density at radius 1 is 1.13 bits per heavy atom. The van der Waals surface area contributed by atoms with Gasteiger partial charge in [-0.15, -0.1) is 0 Å². The van der Waals surface area contributed by atoms with Crippen molar-refractivity contribution in [1.82, 2.24) is 5.16 Å². The number of carbonyl (C=O) groups excluding carboxylic acids is 1. The lowest BCUT2D eigenvalue weighted by molar-refractivity contribution is 0.262. The number of hydrogen-bond acceptors (Lipinski definition) is 3. The Balaban J connectivity index is 1.94. The van der Waals surface area contributed by atoms with E-state index in [2.05, 4.69) is 20.3 Å². The maximum absolute atomic E-state index is 11.4. The van der Waals surface area contributed by atoms with Gasteiger partial charge in [0, 0.05) is 11.8 Å². The van der Waals surface area contributed by atoms with Crippen LogP contribution in [0.4, 0.5) is 16.3 Å². The van der Waals surface area contributed by atoms with Gasteiger partial charge in [0.1, 0.15) is 6.26 Å². The third kappa shape index (κ3) is 2.57. The van der Waals surface area contributed by atoms with Crippen LogP contribution in [-0.2, 0) is 0 Å². The molecule has 0 spiro atoms. The summed E-state index contributed by atoms with van der Waals surface area (Å²) in [4.78, 5) is 11.4. The fourth-order valence-corrected chi connectivity index (χ4v) is 1.08. The average molecular weight is 203 g/mol. The molecule has 5 nitrogen and oxygen atoms in total. The van der Waals surface area contributed by atoms with Crippen LogP contribution in [0.5, 0.6) is 0 Å². The topological polar surface area (TPSA) is 67.2 Å². The molecule has 0 bridgehead atoms. The summed E-state index contributed by atoms with van der Waals surface area (Å²) in [6.07, 6.45) is 1.39. The monoisotopic (exact) mass is 203 g/mol. The quantitative estimate of drug-likeness (QED) is 0.787. The Bertz CT molecular complexity index is 425. The zero-order valence-corrected chi connectivity index (χ0v) is 7.81. The van der Waals surface area contributed by atoms with Crippen LogP contribution in [0, 0.1) is 0 Å². The number of amides is 2. The number of nitrogens with one attached hydrogen (secondary N) is 2. The van der Waals surface area contributed by atoms with E-state index in [0.29, 0.717) is 5.82 Å². The van der Waals surface area contributed by atoms with Crippen molar-refractivity contribution < 1.29 is 9.32 Å². The summed E-state index contributed by atoms with van der Waals surface area (Å²) in [5, 5.41) is 8.71. The molecule has 5 heteroatoms. The number of carbonyl (C=O) groups is 1. The molecule has 2 amide bonds. The largest absolute Gasteiger partial charge is 0.363 e. The maximum Gasteiger partial charge on any atom is 0.324 e. The first-order valence-electron chi connectivity index (χ1n) is 4.38. The molecule has 2 aromatic rings. The standard InChI is InChI=1S/C10H9N3O2/c14-10(12-9-6-7-15-13-9)11-8-4-2-1-3-5-8/h1-7H,(H2,11,12,13,14). The number of urea groups is 1. The van der Waals surface area contributed by atoms with Crippen molar-refractivity contribution in [2.24, 2.45) is 0 Å². The van der Waals surface area contributed by atoms with Crippen LogP contribution >= 0.6 is 0 Å². The minimum Gasteiger partial charge on any atom is -0.363 e. The number of rotatable bonds is 2. The maximum atomic E-state index is 11.4. The minimum absolute atomic E-state index is 0.352. The summed E-state index contributed by atoms with van der Waals surface area (Å²) in [6.45, 7) is 0. The molecule has 2 rings (SSSR count). The second-order valence-electron chi connectivity index (χ2n) is 2.83. The lowest BCUT2D eigenvalue weighted by Gasteiger charge is -2.03. The van der Waals surface area contributed by atoms with Crippen molar-refractivity contribution in [3.8, 4) is 0 Å². The summed E-state index contributed by atoms with van der Waals surface area (Å²) >= 11 is 0. The Hall–Kier alpha value is -2.30. The van der Waals surface area contributed by atoms with Crippen LogP contribution < -0.4 is 10.6 Å². The molecule has 1 aromatic heterocycles. The van der Waals surface area contributed by atoms with E-state index in [0.717, 1.165) is 5.69 Å². The van der Waals surface area contributed by atoms with Crippen LogP contribution in [0.2, 0.25) is 0 Å².